The third-order valence-electron chi connectivity index (χ3n) is 1.89. The van der Waals surface area contributed by atoms with Crippen molar-refractivity contribution in [2.24, 2.45) is 0 Å². The van der Waals surface area contributed by atoms with Crippen LogP contribution < -0.4 is 0 Å². The Hall–Kier alpha value is -0.690. The molecule has 0 aromatic rings. The number of hydrogen-bond donors (Lipinski definition) is 0. The Labute approximate surface area is 71.4 Å². The van der Waals surface area contributed by atoms with Crippen LogP contribution in [0.25, 0.3) is 0 Å². The molecule has 0 saturated carbocycles. The highest BCUT2D eigenvalue weighted by Crippen LogP contribution is 2.30. The highest BCUT2D eigenvalue weighted by molar-refractivity contribution is 8.03. The highest BCUT2D eigenvalue weighted by Gasteiger charge is 2.10. The smallest absolute Gasteiger partial charge is 0.0461 e. The molecule has 0 fully saturated rings. The quantitative estimate of drug-likeness (QED) is 0.527. The van der Waals surface area contributed by atoms with Crippen LogP contribution in [-0.2, 0) is 0 Å². The van der Waals surface area contributed by atoms with Crippen molar-refractivity contribution >= 4 is 11.8 Å². The third kappa shape index (κ3) is 1.33. The van der Waals surface area contributed by atoms with E-state index in [4.69, 9.17) is 0 Å². The second-order valence-corrected chi connectivity index (χ2v) is 3.82. The summed E-state index contributed by atoms with van der Waals surface area (Å²) in [5, 5.41) is 2.80. The number of rotatable bonds is 0. The van der Waals surface area contributed by atoms with E-state index in [9.17, 15) is 0 Å². The summed E-state index contributed by atoms with van der Waals surface area (Å²) in [7, 11) is 0. The molecule has 0 radical (unpaired) electrons. The molecule has 0 nitrogen and oxygen atoms in total. The Morgan fingerprint density at radius 1 is 1.36 bits per heavy atom. The predicted octanol–water partition coefficient (Wildman–Crippen LogP) is 3.06. The van der Waals surface area contributed by atoms with Crippen molar-refractivity contribution in [1.29, 1.82) is 0 Å². The number of fused-ring (bicyclic) bond motifs is 1. The van der Waals surface area contributed by atoms with Crippen molar-refractivity contribution in [3.8, 4) is 0 Å². The first-order chi connectivity index (χ1) is 5.36. The summed E-state index contributed by atoms with van der Waals surface area (Å²) in [4.78, 5) is 0. The molecular weight excluding hydrogens is 152 g/mol. The lowest BCUT2D eigenvalue weighted by molar-refractivity contribution is 1.33. The molecule has 1 unspecified atom stereocenters. The molecule has 0 aromatic carbocycles. The van der Waals surface area contributed by atoms with Crippen molar-refractivity contribution in [3.63, 3.8) is 0 Å². The van der Waals surface area contributed by atoms with Crippen LogP contribution in [-0.4, -0.2) is 5.25 Å². The Morgan fingerprint density at radius 3 is 3.18 bits per heavy atom. The molecule has 56 valence electrons. The SMILES string of the molecule is CC1=CSC2C=CC=CC1=C2. The van der Waals surface area contributed by atoms with Crippen LogP contribution in [0.5, 0.6) is 0 Å². The lowest BCUT2D eigenvalue weighted by Crippen LogP contribution is -1.97. The van der Waals surface area contributed by atoms with Gasteiger partial charge in [0.1, 0.15) is 0 Å². The number of allylic oxidation sites excluding steroid dienone is 5. The average Bonchev–Trinajstić information content (AvgIpc) is 2.21. The molecule has 0 N–H and O–H groups in total. The molecule has 0 amide bonds. The second-order valence-electron chi connectivity index (χ2n) is 2.77. The zero-order chi connectivity index (χ0) is 7.68. The maximum Gasteiger partial charge on any atom is 0.0461 e. The van der Waals surface area contributed by atoms with Crippen LogP contribution in [0.2, 0.25) is 0 Å². The van der Waals surface area contributed by atoms with Gasteiger partial charge in [-0.3, -0.25) is 0 Å². The Morgan fingerprint density at radius 2 is 2.27 bits per heavy atom. The van der Waals surface area contributed by atoms with Crippen LogP contribution in [0.15, 0.2) is 46.9 Å². The first kappa shape index (κ1) is 6.99. The molecule has 2 aliphatic rings. The van der Waals surface area contributed by atoms with E-state index in [0.29, 0.717) is 5.25 Å². The topological polar surface area (TPSA) is 0 Å². The molecule has 0 saturated heterocycles. The maximum absolute atomic E-state index is 2.31. The molecule has 1 atom stereocenters. The van der Waals surface area contributed by atoms with Gasteiger partial charge in [-0.1, -0.05) is 30.4 Å². The van der Waals surface area contributed by atoms with Gasteiger partial charge < -0.3 is 0 Å². The Kier molecular flexibility index (Phi) is 1.74. The summed E-state index contributed by atoms with van der Waals surface area (Å²) < 4.78 is 0. The van der Waals surface area contributed by atoms with E-state index in [-0.39, 0.29) is 0 Å². The molecule has 1 aliphatic carbocycles. The van der Waals surface area contributed by atoms with E-state index in [0.717, 1.165) is 0 Å². The highest BCUT2D eigenvalue weighted by atomic mass is 32.2. The fourth-order valence-electron chi connectivity index (χ4n) is 1.22. The van der Waals surface area contributed by atoms with E-state index < -0.39 is 0 Å². The van der Waals surface area contributed by atoms with Gasteiger partial charge in [0.05, 0.1) is 0 Å². The molecule has 1 aliphatic heterocycles. The summed E-state index contributed by atoms with van der Waals surface area (Å²) in [6.45, 7) is 2.16. The average molecular weight is 162 g/mol. The van der Waals surface area contributed by atoms with Gasteiger partial charge in [0.15, 0.2) is 0 Å². The first-order valence-electron chi connectivity index (χ1n) is 3.75. The molecule has 0 spiro atoms. The van der Waals surface area contributed by atoms with Gasteiger partial charge in [-0.05, 0) is 23.5 Å². The van der Waals surface area contributed by atoms with Crippen LogP contribution in [0.4, 0.5) is 0 Å². The van der Waals surface area contributed by atoms with Gasteiger partial charge >= 0.3 is 0 Å². The van der Waals surface area contributed by atoms with Gasteiger partial charge in [0, 0.05) is 5.25 Å². The Balaban J connectivity index is 2.39. The second kappa shape index (κ2) is 2.74. The normalized spacial score (nSPS) is 27.5. The van der Waals surface area contributed by atoms with Crippen molar-refractivity contribution in [2.75, 3.05) is 0 Å². The molecule has 11 heavy (non-hydrogen) atoms. The first-order valence-corrected chi connectivity index (χ1v) is 4.70. The fraction of sp³-hybridized carbons (Fsp3) is 0.200. The molecule has 0 aromatic heterocycles. The van der Waals surface area contributed by atoms with Crippen LogP contribution >= 0.6 is 11.8 Å². The summed E-state index contributed by atoms with van der Waals surface area (Å²) in [6, 6.07) is 0. The van der Waals surface area contributed by atoms with Crippen LogP contribution in [0.3, 0.4) is 0 Å². The number of thioether (sulfide) groups is 1. The zero-order valence-corrected chi connectivity index (χ0v) is 7.27. The molecule has 1 heteroatoms. The van der Waals surface area contributed by atoms with Gasteiger partial charge in [0.25, 0.3) is 0 Å². The van der Waals surface area contributed by atoms with Crippen LogP contribution in [0.1, 0.15) is 6.92 Å². The van der Waals surface area contributed by atoms with E-state index in [2.05, 4.69) is 42.7 Å². The van der Waals surface area contributed by atoms with E-state index >= 15 is 0 Å². The summed E-state index contributed by atoms with van der Waals surface area (Å²) in [6.07, 6.45) is 10.9. The van der Waals surface area contributed by atoms with Gasteiger partial charge in [-0.25, -0.2) is 0 Å². The predicted molar refractivity (Wildman–Crippen MR) is 51.5 cm³/mol. The minimum absolute atomic E-state index is 0.559. The number of hydrogen-bond acceptors (Lipinski definition) is 1. The summed E-state index contributed by atoms with van der Waals surface area (Å²) in [5.74, 6) is 0. The third-order valence-corrected chi connectivity index (χ3v) is 2.99. The van der Waals surface area contributed by atoms with Crippen molar-refractivity contribution in [1.82, 2.24) is 0 Å². The lowest BCUT2D eigenvalue weighted by Gasteiger charge is -2.12. The summed E-state index contributed by atoms with van der Waals surface area (Å²) in [5.41, 5.74) is 2.75. The maximum atomic E-state index is 2.31. The van der Waals surface area contributed by atoms with Crippen molar-refractivity contribution < 1.29 is 0 Å². The standard InChI is InChI=1S/C10H10S/c1-8-7-11-10-5-3-2-4-9(8)6-10/h2-7,10H,1H3. The minimum atomic E-state index is 0.559. The molecule has 2 bridgehead atoms. The molecule has 2 rings (SSSR count). The van der Waals surface area contributed by atoms with Crippen molar-refractivity contribution in [2.45, 2.75) is 12.2 Å². The monoisotopic (exact) mass is 162 g/mol. The van der Waals surface area contributed by atoms with E-state index in [1.54, 1.807) is 0 Å². The zero-order valence-electron chi connectivity index (χ0n) is 6.45. The van der Waals surface area contributed by atoms with Gasteiger partial charge in [-0.15, -0.1) is 11.8 Å². The lowest BCUT2D eigenvalue weighted by atomic mass is 10.1. The van der Waals surface area contributed by atoms with Gasteiger partial charge in [-0.2, -0.15) is 0 Å². The van der Waals surface area contributed by atoms with Crippen molar-refractivity contribution in [3.05, 3.63) is 46.9 Å². The molecule has 1 heterocycles. The largest absolute Gasteiger partial charge is 0.122 e. The van der Waals surface area contributed by atoms with Crippen LogP contribution in [0, 0.1) is 0 Å². The Bertz CT molecular complexity index is 279. The minimum Gasteiger partial charge on any atom is -0.122 e. The fourth-order valence-corrected chi connectivity index (χ4v) is 2.12. The van der Waals surface area contributed by atoms with E-state index in [1.807, 2.05) is 11.8 Å². The van der Waals surface area contributed by atoms with Gasteiger partial charge in [0.2, 0.25) is 0 Å². The summed E-state index contributed by atoms with van der Waals surface area (Å²) >= 11 is 1.87. The molecular formula is C10H10S. The van der Waals surface area contributed by atoms with E-state index in [1.165, 1.54) is 11.1 Å².